The van der Waals surface area contributed by atoms with Gasteiger partial charge in [-0.15, -0.1) is 11.3 Å². The summed E-state index contributed by atoms with van der Waals surface area (Å²) in [6.07, 6.45) is 3.44. The van der Waals surface area contributed by atoms with Crippen molar-refractivity contribution in [2.24, 2.45) is 0 Å². The number of benzene rings is 1. The quantitative estimate of drug-likeness (QED) is 0.688. The van der Waals surface area contributed by atoms with Gasteiger partial charge in [-0.1, -0.05) is 36.4 Å². The van der Waals surface area contributed by atoms with E-state index in [-0.39, 0.29) is 6.04 Å². The Labute approximate surface area is 163 Å². The van der Waals surface area contributed by atoms with Gasteiger partial charge < -0.3 is 0 Å². The number of rotatable bonds is 6. The maximum absolute atomic E-state index is 12.7. The van der Waals surface area contributed by atoms with Crippen LogP contribution in [-0.4, -0.2) is 25.8 Å². The molecule has 140 valence electrons. The molecule has 1 atom stereocenters. The number of anilines is 1. The molecule has 27 heavy (non-hydrogen) atoms. The molecule has 2 N–H and O–H groups in total. The molecule has 3 aromatic rings. The van der Waals surface area contributed by atoms with Crippen LogP contribution in [0.5, 0.6) is 0 Å². The number of pyridine rings is 1. The Morgan fingerprint density at radius 3 is 2.41 bits per heavy atom. The summed E-state index contributed by atoms with van der Waals surface area (Å²) in [4.78, 5) is 4.62. The van der Waals surface area contributed by atoms with Crippen LogP contribution in [-0.2, 0) is 10.0 Å². The number of nitrogens with zero attached hydrogens (tertiary/aromatic N) is 1. The third kappa shape index (κ3) is 3.90. The van der Waals surface area contributed by atoms with Crippen molar-refractivity contribution in [3.63, 3.8) is 0 Å². The smallest absolute Gasteiger partial charge is 0.262 e. The van der Waals surface area contributed by atoms with Crippen LogP contribution in [0.15, 0.2) is 71.1 Å². The van der Waals surface area contributed by atoms with Crippen molar-refractivity contribution >= 4 is 27.2 Å². The zero-order valence-corrected chi connectivity index (χ0v) is 16.5. The molecule has 2 aromatic heterocycles. The van der Waals surface area contributed by atoms with Crippen LogP contribution in [0, 0.1) is 0 Å². The molecule has 1 fully saturated rings. The predicted octanol–water partition coefficient (Wildman–Crippen LogP) is 3.55. The topological polar surface area (TPSA) is 63.6 Å². The summed E-state index contributed by atoms with van der Waals surface area (Å²) in [5.41, 5.74) is 1.15. The minimum atomic E-state index is -3.40. The Hall–Kier alpha value is -2.22. The molecule has 7 heteroatoms. The van der Waals surface area contributed by atoms with Crippen LogP contribution >= 0.6 is 11.3 Å². The lowest BCUT2D eigenvalue weighted by molar-refractivity contribution is -0.364. The van der Waals surface area contributed by atoms with Crippen molar-refractivity contribution in [1.29, 1.82) is 0 Å². The van der Waals surface area contributed by atoms with Crippen LogP contribution in [0.1, 0.15) is 29.3 Å². The number of hydrogen-bond acceptors (Lipinski definition) is 4. The zero-order valence-electron chi connectivity index (χ0n) is 14.8. The van der Waals surface area contributed by atoms with E-state index in [1.165, 1.54) is 4.88 Å². The average Bonchev–Trinajstić information content (AvgIpc) is 3.41. The Bertz CT molecular complexity index is 966. The van der Waals surface area contributed by atoms with Gasteiger partial charge in [-0.3, -0.25) is 5.32 Å². The Morgan fingerprint density at radius 2 is 1.78 bits per heavy atom. The third-order valence-corrected chi connectivity index (χ3v) is 7.58. The highest BCUT2D eigenvalue weighted by atomic mass is 32.2. The molecule has 1 saturated heterocycles. The van der Waals surface area contributed by atoms with Gasteiger partial charge >= 0.3 is 0 Å². The van der Waals surface area contributed by atoms with Crippen LogP contribution in [0.2, 0.25) is 0 Å². The first kappa shape index (κ1) is 18.2. The summed E-state index contributed by atoms with van der Waals surface area (Å²) in [5, 5.41) is 5.55. The minimum absolute atomic E-state index is 0.00323. The minimum Gasteiger partial charge on any atom is -0.262 e. The van der Waals surface area contributed by atoms with Gasteiger partial charge in [0.1, 0.15) is 11.1 Å². The predicted molar refractivity (Wildman–Crippen MR) is 107 cm³/mol. The molecule has 4 rings (SSSR count). The van der Waals surface area contributed by atoms with E-state index in [4.69, 9.17) is 0 Å². The monoisotopic (exact) mass is 400 g/mol. The average molecular weight is 401 g/mol. The van der Waals surface area contributed by atoms with Gasteiger partial charge in [0.15, 0.2) is 6.04 Å². The van der Waals surface area contributed by atoms with Crippen LogP contribution in [0.4, 0.5) is 5.82 Å². The van der Waals surface area contributed by atoms with Gasteiger partial charge in [-0.05, 0) is 30.4 Å². The van der Waals surface area contributed by atoms with Crippen molar-refractivity contribution in [1.82, 2.24) is 4.31 Å². The number of aromatic amines is 1. The van der Waals surface area contributed by atoms with Crippen molar-refractivity contribution < 1.29 is 13.4 Å². The van der Waals surface area contributed by atoms with Crippen molar-refractivity contribution in [2.45, 2.75) is 23.8 Å². The van der Waals surface area contributed by atoms with Crippen molar-refractivity contribution in [2.75, 3.05) is 18.4 Å². The molecule has 0 aliphatic carbocycles. The molecule has 1 aromatic carbocycles. The first-order valence-electron chi connectivity index (χ1n) is 9.01. The van der Waals surface area contributed by atoms with E-state index in [9.17, 15) is 8.42 Å². The Kier molecular flexibility index (Phi) is 5.24. The maximum atomic E-state index is 12.7. The standard InChI is InChI=1S/C20H21N3O2S2/c24-27(25,23-12-4-5-13-23)17-10-11-19(21-15-17)22-20(18-9-6-14-26-18)16-7-2-1-3-8-16/h1-3,6-11,14-15,20H,4-5,12-13H2,(H,21,22)/p+1/t20-/m0/s1. The van der Waals surface area contributed by atoms with Crippen molar-refractivity contribution in [3.05, 3.63) is 76.6 Å². The highest BCUT2D eigenvalue weighted by molar-refractivity contribution is 7.89. The summed E-state index contributed by atoms with van der Waals surface area (Å²) in [6, 6.07) is 17.8. The second-order valence-electron chi connectivity index (χ2n) is 6.55. The van der Waals surface area contributed by atoms with E-state index >= 15 is 0 Å². The van der Waals surface area contributed by atoms with Gasteiger partial charge in [0.2, 0.25) is 10.0 Å². The zero-order chi connectivity index (χ0) is 18.7. The second kappa shape index (κ2) is 7.80. The van der Waals surface area contributed by atoms with Crippen LogP contribution in [0.25, 0.3) is 0 Å². The number of aromatic nitrogens is 1. The molecule has 3 heterocycles. The molecule has 0 bridgehead atoms. The molecule has 0 amide bonds. The first-order valence-corrected chi connectivity index (χ1v) is 11.3. The molecule has 5 nitrogen and oxygen atoms in total. The third-order valence-electron chi connectivity index (χ3n) is 4.75. The van der Waals surface area contributed by atoms with E-state index < -0.39 is 10.0 Å². The molecule has 1 aliphatic rings. The fourth-order valence-electron chi connectivity index (χ4n) is 3.31. The first-order chi connectivity index (χ1) is 13.1. The second-order valence-corrected chi connectivity index (χ2v) is 9.47. The van der Waals surface area contributed by atoms with E-state index in [1.54, 1.807) is 34.0 Å². The number of H-pyrrole nitrogens is 1. The number of hydrogen-bond donors (Lipinski definition) is 1. The summed E-state index contributed by atoms with van der Waals surface area (Å²) >= 11 is 1.69. The van der Waals surface area contributed by atoms with Gasteiger partial charge in [0, 0.05) is 24.7 Å². The normalized spacial score (nSPS) is 16.3. The molecule has 0 radical (unpaired) electrons. The Morgan fingerprint density at radius 1 is 1.00 bits per heavy atom. The molecule has 0 spiro atoms. The summed E-state index contributed by atoms with van der Waals surface area (Å²) in [7, 11) is -3.40. The van der Waals surface area contributed by atoms with E-state index in [0.717, 1.165) is 24.2 Å². The fraction of sp³-hybridized carbons (Fsp3) is 0.250. The summed E-state index contributed by atoms with van der Waals surface area (Å²) in [5.74, 6) is 0.776. The van der Waals surface area contributed by atoms with Crippen LogP contribution < -0.4 is 10.3 Å². The van der Waals surface area contributed by atoms with E-state index in [2.05, 4.69) is 33.9 Å². The molecule has 1 aliphatic heterocycles. The maximum Gasteiger partial charge on any atom is 0.273 e. The molecule has 0 saturated carbocycles. The van der Waals surface area contributed by atoms with Crippen LogP contribution in [0.3, 0.4) is 0 Å². The van der Waals surface area contributed by atoms with Gasteiger partial charge in [0.25, 0.3) is 5.82 Å². The van der Waals surface area contributed by atoms with E-state index in [1.807, 2.05) is 24.3 Å². The van der Waals surface area contributed by atoms with E-state index in [0.29, 0.717) is 18.0 Å². The molecular weight excluding hydrogens is 378 g/mol. The largest absolute Gasteiger partial charge is 0.273 e. The van der Waals surface area contributed by atoms with Gasteiger partial charge in [0.05, 0.1) is 4.88 Å². The number of nitrogens with one attached hydrogen (secondary N) is 2. The fourth-order valence-corrected chi connectivity index (χ4v) is 5.60. The number of thiophene rings is 1. The molecule has 0 unspecified atom stereocenters. The highest BCUT2D eigenvalue weighted by Crippen LogP contribution is 2.29. The lowest BCUT2D eigenvalue weighted by Crippen LogP contribution is -2.29. The van der Waals surface area contributed by atoms with Gasteiger partial charge in [-0.2, -0.15) is 4.31 Å². The van der Waals surface area contributed by atoms with Crippen molar-refractivity contribution in [3.8, 4) is 0 Å². The lowest BCUT2D eigenvalue weighted by atomic mass is 10.1. The lowest BCUT2D eigenvalue weighted by Gasteiger charge is -2.15. The summed E-state index contributed by atoms with van der Waals surface area (Å²) in [6.45, 7) is 1.22. The number of sulfonamides is 1. The summed E-state index contributed by atoms with van der Waals surface area (Å²) < 4.78 is 26.9. The molecular formula is C20H22N3O2S2+. The van der Waals surface area contributed by atoms with Gasteiger partial charge in [-0.25, -0.2) is 13.4 Å². The highest BCUT2D eigenvalue weighted by Gasteiger charge is 2.28. The Balaban J connectivity index is 1.58. The SMILES string of the molecule is O=S(=O)(c1ccc(N[C@@H](c2ccccc2)c2cccs2)[nH+]c1)N1CCCC1.